The van der Waals surface area contributed by atoms with Crippen LogP contribution in [0.4, 0.5) is 5.82 Å². The Morgan fingerprint density at radius 2 is 1.69 bits per heavy atom. The van der Waals surface area contributed by atoms with Crippen LogP contribution in [0.5, 0.6) is 0 Å². The second kappa shape index (κ2) is 11.3. The average Bonchev–Trinajstić information content (AvgIpc) is 3.04. The number of pyridine rings is 1. The zero-order valence-corrected chi connectivity index (χ0v) is 18.2. The van der Waals surface area contributed by atoms with Crippen LogP contribution in [0.1, 0.15) is 51.4 Å². The van der Waals surface area contributed by atoms with Crippen molar-refractivity contribution in [3.8, 4) is 0 Å². The number of nitrogens with zero attached hydrogens (tertiary/aromatic N) is 4. The highest BCUT2D eigenvalue weighted by atomic mass is 16.5. The highest BCUT2D eigenvalue weighted by Crippen LogP contribution is 2.21. The van der Waals surface area contributed by atoms with E-state index in [1.54, 1.807) is 0 Å². The van der Waals surface area contributed by atoms with Gasteiger partial charge in [-0.3, -0.25) is 4.90 Å². The van der Waals surface area contributed by atoms with Gasteiger partial charge in [0.2, 0.25) is 0 Å². The van der Waals surface area contributed by atoms with Gasteiger partial charge in [-0.1, -0.05) is 31.7 Å². The topological polar surface area (TPSA) is 31.8 Å². The molecule has 2 saturated heterocycles. The Morgan fingerprint density at radius 3 is 2.45 bits per heavy atom. The smallest absolute Gasteiger partial charge is 0.128 e. The summed E-state index contributed by atoms with van der Waals surface area (Å²) in [6, 6.07) is 6.22. The largest absolute Gasteiger partial charge is 0.377 e. The average molecular weight is 401 g/mol. The summed E-state index contributed by atoms with van der Waals surface area (Å²) in [4.78, 5) is 12.3. The zero-order chi connectivity index (χ0) is 19.7. The number of ether oxygens (including phenoxy) is 1. The van der Waals surface area contributed by atoms with E-state index in [0.29, 0.717) is 6.10 Å². The molecule has 4 rings (SSSR count). The maximum atomic E-state index is 6.24. The number of piperidine rings is 1. The quantitative estimate of drug-likeness (QED) is 0.652. The first kappa shape index (κ1) is 21.1. The number of rotatable bonds is 7. The van der Waals surface area contributed by atoms with Crippen molar-refractivity contribution in [2.45, 2.75) is 57.5 Å². The van der Waals surface area contributed by atoms with Crippen LogP contribution < -0.4 is 4.90 Å². The van der Waals surface area contributed by atoms with E-state index in [1.165, 1.54) is 71.0 Å². The van der Waals surface area contributed by atoms with Crippen molar-refractivity contribution in [1.29, 1.82) is 0 Å². The molecule has 3 fully saturated rings. The Morgan fingerprint density at radius 1 is 0.862 bits per heavy atom. The van der Waals surface area contributed by atoms with Gasteiger partial charge in [-0.2, -0.15) is 0 Å². The molecule has 2 aliphatic heterocycles. The highest BCUT2D eigenvalue weighted by molar-refractivity contribution is 5.38. The lowest BCUT2D eigenvalue weighted by molar-refractivity contribution is 0.0202. The van der Waals surface area contributed by atoms with Gasteiger partial charge in [0.25, 0.3) is 0 Å². The van der Waals surface area contributed by atoms with Gasteiger partial charge in [-0.15, -0.1) is 0 Å². The van der Waals surface area contributed by atoms with E-state index in [2.05, 4.69) is 31.8 Å². The first-order valence-electron chi connectivity index (χ1n) is 12.1. The Kier molecular flexibility index (Phi) is 8.20. The van der Waals surface area contributed by atoms with Gasteiger partial charge in [-0.05, 0) is 50.3 Å². The summed E-state index contributed by atoms with van der Waals surface area (Å²) < 4.78 is 6.24. The molecule has 29 heavy (non-hydrogen) atoms. The summed E-state index contributed by atoms with van der Waals surface area (Å²) in [6.07, 6.45) is 13.3. The molecule has 0 spiro atoms. The lowest BCUT2D eigenvalue weighted by Gasteiger charge is -2.39. The molecule has 3 aliphatic rings. The van der Waals surface area contributed by atoms with Crippen LogP contribution >= 0.6 is 0 Å². The van der Waals surface area contributed by atoms with Crippen LogP contribution in [0.2, 0.25) is 0 Å². The molecule has 1 aliphatic carbocycles. The molecule has 1 unspecified atom stereocenters. The van der Waals surface area contributed by atoms with Crippen LogP contribution in [0, 0.1) is 5.92 Å². The maximum absolute atomic E-state index is 6.24. The van der Waals surface area contributed by atoms with Crippen molar-refractivity contribution in [2.75, 3.05) is 63.9 Å². The van der Waals surface area contributed by atoms with E-state index < -0.39 is 0 Å². The fraction of sp³-hybridized carbons (Fsp3) is 0.792. The van der Waals surface area contributed by atoms with E-state index in [-0.39, 0.29) is 0 Å². The molecule has 0 aromatic carbocycles. The molecular weight excluding hydrogens is 360 g/mol. The van der Waals surface area contributed by atoms with Gasteiger partial charge >= 0.3 is 0 Å². The minimum absolute atomic E-state index is 0.536. The summed E-state index contributed by atoms with van der Waals surface area (Å²) in [5.41, 5.74) is 0. The van der Waals surface area contributed by atoms with E-state index in [4.69, 9.17) is 4.74 Å². The molecule has 0 amide bonds. The minimum atomic E-state index is 0.536. The molecular formula is C24H40N4O. The second-order valence-electron chi connectivity index (χ2n) is 9.27. The molecule has 0 bridgehead atoms. The fourth-order valence-corrected chi connectivity index (χ4v) is 5.33. The van der Waals surface area contributed by atoms with Gasteiger partial charge in [0.05, 0.1) is 12.7 Å². The predicted molar refractivity (Wildman–Crippen MR) is 119 cm³/mol. The summed E-state index contributed by atoms with van der Waals surface area (Å²) in [5.74, 6) is 1.95. The summed E-state index contributed by atoms with van der Waals surface area (Å²) in [5, 5.41) is 0. The maximum Gasteiger partial charge on any atom is 0.128 e. The minimum Gasteiger partial charge on any atom is -0.377 e. The third kappa shape index (κ3) is 6.66. The molecule has 162 valence electrons. The predicted octanol–water partition coefficient (Wildman–Crippen LogP) is 3.66. The molecule has 0 radical (unpaired) electrons. The van der Waals surface area contributed by atoms with Crippen molar-refractivity contribution in [2.24, 2.45) is 5.92 Å². The monoisotopic (exact) mass is 400 g/mol. The van der Waals surface area contributed by atoms with E-state index in [0.717, 1.165) is 51.1 Å². The van der Waals surface area contributed by atoms with Crippen LogP contribution in [-0.2, 0) is 4.74 Å². The SMILES string of the molecule is c1ccc(N2CCN(CC3CCCN(CCOC4CCCCCC4)C3)CC2)nc1. The number of hydrogen-bond donors (Lipinski definition) is 0. The van der Waals surface area contributed by atoms with Gasteiger partial charge in [-0.25, -0.2) is 4.98 Å². The van der Waals surface area contributed by atoms with Crippen molar-refractivity contribution in [3.05, 3.63) is 24.4 Å². The van der Waals surface area contributed by atoms with Crippen LogP contribution in [0.3, 0.4) is 0 Å². The molecule has 5 heteroatoms. The lowest BCUT2D eigenvalue weighted by atomic mass is 9.97. The Hall–Kier alpha value is -1.17. The summed E-state index contributed by atoms with van der Waals surface area (Å²) in [6.45, 7) is 10.4. The Balaban J connectivity index is 1.14. The molecule has 1 atom stereocenters. The highest BCUT2D eigenvalue weighted by Gasteiger charge is 2.25. The first-order chi connectivity index (χ1) is 14.4. The molecule has 0 N–H and O–H groups in total. The molecule has 1 saturated carbocycles. The number of anilines is 1. The van der Waals surface area contributed by atoms with E-state index >= 15 is 0 Å². The van der Waals surface area contributed by atoms with Gasteiger partial charge < -0.3 is 14.5 Å². The molecule has 3 heterocycles. The van der Waals surface area contributed by atoms with Crippen molar-refractivity contribution >= 4 is 5.82 Å². The molecule has 5 nitrogen and oxygen atoms in total. The van der Waals surface area contributed by atoms with Crippen LogP contribution in [-0.4, -0.2) is 79.9 Å². The Labute approximate surface area is 177 Å². The molecule has 1 aromatic rings. The van der Waals surface area contributed by atoms with Crippen LogP contribution in [0.15, 0.2) is 24.4 Å². The molecule has 1 aromatic heterocycles. The number of aromatic nitrogens is 1. The van der Waals surface area contributed by atoms with E-state index in [1.807, 2.05) is 12.3 Å². The lowest BCUT2D eigenvalue weighted by Crippen LogP contribution is -2.50. The third-order valence-corrected chi connectivity index (χ3v) is 7.03. The first-order valence-corrected chi connectivity index (χ1v) is 12.1. The Bertz CT molecular complexity index is 568. The zero-order valence-electron chi connectivity index (χ0n) is 18.2. The number of piperazine rings is 1. The third-order valence-electron chi connectivity index (χ3n) is 7.03. The standard InChI is InChI=1S/C24H40N4O/c1-2-4-10-23(9-3-1)29-19-18-26-13-7-8-22(20-26)21-27-14-16-28(17-15-27)24-11-5-6-12-25-24/h5-6,11-12,22-23H,1-4,7-10,13-21H2. The van der Waals surface area contributed by atoms with Crippen molar-refractivity contribution < 1.29 is 4.74 Å². The summed E-state index contributed by atoms with van der Waals surface area (Å²) in [7, 11) is 0. The van der Waals surface area contributed by atoms with Gasteiger partial charge in [0.15, 0.2) is 0 Å². The number of hydrogen-bond acceptors (Lipinski definition) is 5. The van der Waals surface area contributed by atoms with Crippen LogP contribution in [0.25, 0.3) is 0 Å². The summed E-state index contributed by atoms with van der Waals surface area (Å²) >= 11 is 0. The second-order valence-corrected chi connectivity index (χ2v) is 9.27. The fourth-order valence-electron chi connectivity index (χ4n) is 5.33. The van der Waals surface area contributed by atoms with E-state index in [9.17, 15) is 0 Å². The van der Waals surface area contributed by atoms with Gasteiger partial charge in [0, 0.05) is 52.0 Å². The number of likely N-dealkylation sites (tertiary alicyclic amines) is 1. The van der Waals surface area contributed by atoms with Gasteiger partial charge in [0.1, 0.15) is 5.82 Å². The normalized spacial score (nSPS) is 25.8. The van der Waals surface area contributed by atoms with Crippen molar-refractivity contribution in [1.82, 2.24) is 14.8 Å². The van der Waals surface area contributed by atoms with Crippen molar-refractivity contribution in [3.63, 3.8) is 0 Å².